The molecule has 3 nitrogen and oxygen atoms in total. The van der Waals surface area contributed by atoms with Gasteiger partial charge in [0.25, 0.3) is 0 Å². The molecule has 0 saturated carbocycles. The molecular weight excluding hydrogens is 359 g/mol. The Hall–Kier alpha value is -0.430. The highest BCUT2D eigenvalue weighted by molar-refractivity contribution is 14.1. The van der Waals surface area contributed by atoms with Gasteiger partial charge < -0.3 is 0 Å². The van der Waals surface area contributed by atoms with Crippen molar-refractivity contribution in [3.05, 3.63) is 36.1 Å². The summed E-state index contributed by atoms with van der Waals surface area (Å²) in [6, 6.07) is 3.72. The van der Waals surface area contributed by atoms with E-state index in [1.165, 1.54) is 0 Å². The molecule has 0 unspecified atom stereocenters. The molecule has 14 heavy (non-hydrogen) atoms. The number of hydrogen-bond donors (Lipinski definition) is 1. The van der Waals surface area contributed by atoms with Crippen LogP contribution < -0.4 is 5.43 Å². The number of benzene rings is 1. The summed E-state index contributed by atoms with van der Waals surface area (Å²) in [5.41, 5.74) is 1.25. The molecule has 0 radical (unpaired) electrons. The highest BCUT2D eigenvalue weighted by Crippen LogP contribution is 2.22. The highest BCUT2D eigenvalue weighted by atomic mass is 127. The number of halogens is 2. The van der Waals surface area contributed by atoms with Crippen molar-refractivity contribution >= 4 is 49.4 Å². The first kappa shape index (κ1) is 10.1. The predicted octanol–water partition coefficient (Wildman–Crippen LogP) is 2.60. The van der Waals surface area contributed by atoms with Gasteiger partial charge in [-0.2, -0.15) is 5.10 Å². The van der Waals surface area contributed by atoms with Gasteiger partial charge in [-0.1, -0.05) is 0 Å². The van der Waals surface area contributed by atoms with Gasteiger partial charge in [-0.05, 0) is 57.6 Å². The van der Waals surface area contributed by atoms with E-state index in [2.05, 4.69) is 48.7 Å². The summed E-state index contributed by atoms with van der Waals surface area (Å²) in [6.07, 6.45) is 0. The smallest absolute Gasteiger partial charge is 0.210 e. The topological polar surface area (TPSA) is 45.8 Å². The minimum absolute atomic E-state index is 0.0177. The van der Waals surface area contributed by atoms with Gasteiger partial charge in [-0.15, -0.1) is 0 Å². The summed E-state index contributed by atoms with van der Waals surface area (Å²) >= 11 is 5.59. The molecule has 1 aromatic carbocycles. The minimum Gasteiger partial charge on any atom is -0.287 e. The van der Waals surface area contributed by atoms with E-state index in [0.29, 0.717) is 11.1 Å². The average Bonchev–Trinajstić information content (AvgIpc) is 2.15. The maximum atomic E-state index is 11.7. The van der Waals surface area contributed by atoms with Crippen LogP contribution in [0.4, 0.5) is 0 Å². The molecule has 5 heteroatoms. The van der Waals surface area contributed by atoms with Gasteiger partial charge in [-0.25, -0.2) is 0 Å². The normalized spacial score (nSPS) is 10.8. The van der Waals surface area contributed by atoms with Gasteiger partial charge in [0.15, 0.2) is 0 Å². The van der Waals surface area contributed by atoms with E-state index in [-0.39, 0.29) is 5.43 Å². The van der Waals surface area contributed by atoms with Crippen molar-refractivity contribution in [2.24, 2.45) is 0 Å². The largest absolute Gasteiger partial charge is 0.287 e. The van der Waals surface area contributed by atoms with Gasteiger partial charge in [0, 0.05) is 8.04 Å². The number of nitrogens with one attached hydrogen (secondary N) is 1. The van der Waals surface area contributed by atoms with Crippen LogP contribution in [0.3, 0.4) is 0 Å². The number of aromatic amines is 1. The molecule has 2 rings (SSSR count). The number of aryl methyl sites for hydroxylation is 1. The molecule has 0 bridgehead atoms. The Morgan fingerprint density at radius 1 is 1.50 bits per heavy atom. The van der Waals surface area contributed by atoms with Crippen molar-refractivity contribution in [3.8, 4) is 0 Å². The van der Waals surface area contributed by atoms with Crippen LogP contribution in [0.1, 0.15) is 5.69 Å². The van der Waals surface area contributed by atoms with Crippen LogP contribution in [0.25, 0.3) is 10.9 Å². The van der Waals surface area contributed by atoms with Gasteiger partial charge in [0.2, 0.25) is 5.43 Å². The van der Waals surface area contributed by atoms with E-state index in [1.807, 2.05) is 12.1 Å². The molecule has 0 aliphatic rings. The molecule has 1 heterocycles. The van der Waals surface area contributed by atoms with Gasteiger partial charge in [-0.3, -0.25) is 9.89 Å². The third-order valence-electron chi connectivity index (χ3n) is 1.98. The lowest BCUT2D eigenvalue weighted by Gasteiger charge is -2.01. The van der Waals surface area contributed by atoms with Crippen LogP contribution in [0.5, 0.6) is 0 Å². The summed E-state index contributed by atoms with van der Waals surface area (Å²) < 4.78 is 1.98. The Labute approximate surface area is 102 Å². The number of rotatable bonds is 0. The Morgan fingerprint density at radius 2 is 2.21 bits per heavy atom. The fourth-order valence-corrected chi connectivity index (χ4v) is 2.03. The third-order valence-corrected chi connectivity index (χ3v) is 4.27. The monoisotopic (exact) mass is 364 g/mol. The summed E-state index contributed by atoms with van der Waals surface area (Å²) in [6.45, 7) is 1.70. The lowest BCUT2D eigenvalue weighted by molar-refractivity contribution is 1.00. The van der Waals surface area contributed by atoms with Crippen LogP contribution in [-0.2, 0) is 0 Å². The zero-order chi connectivity index (χ0) is 10.3. The van der Waals surface area contributed by atoms with Gasteiger partial charge >= 0.3 is 0 Å². The Morgan fingerprint density at radius 3 is 2.93 bits per heavy atom. The molecule has 0 atom stereocenters. The molecule has 0 amide bonds. The minimum atomic E-state index is -0.0177. The van der Waals surface area contributed by atoms with Crippen LogP contribution >= 0.6 is 38.5 Å². The van der Waals surface area contributed by atoms with E-state index in [1.54, 1.807) is 6.92 Å². The molecule has 0 aliphatic carbocycles. The number of hydrogen-bond acceptors (Lipinski definition) is 2. The quantitative estimate of drug-likeness (QED) is 0.730. The first-order chi connectivity index (χ1) is 6.59. The Bertz CT molecular complexity index is 564. The second kappa shape index (κ2) is 3.62. The molecular formula is C9H6BrIN2O. The van der Waals surface area contributed by atoms with Gasteiger partial charge in [0.1, 0.15) is 5.69 Å². The summed E-state index contributed by atoms with van der Waals surface area (Å²) in [5, 5.41) is 7.44. The molecule has 0 spiro atoms. The van der Waals surface area contributed by atoms with E-state index in [4.69, 9.17) is 0 Å². The van der Waals surface area contributed by atoms with E-state index < -0.39 is 0 Å². The van der Waals surface area contributed by atoms with E-state index in [9.17, 15) is 4.79 Å². The van der Waals surface area contributed by atoms with E-state index >= 15 is 0 Å². The van der Waals surface area contributed by atoms with Crippen molar-refractivity contribution in [1.29, 1.82) is 0 Å². The highest BCUT2D eigenvalue weighted by Gasteiger charge is 2.05. The molecule has 0 aliphatic heterocycles. The fourth-order valence-electron chi connectivity index (χ4n) is 1.22. The standard InChI is InChI=1S/C9H6BrIN2O/c1-4-9(14)5-2-6(10)7(11)3-8(5)13-12-4/h2-3H,1H3,(H,13,14). The van der Waals surface area contributed by atoms with Crippen LogP contribution in [0.15, 0.2) is 21.4 Å². The fraction of sp³-hybridized carbons (Fsp3) is 0.111. The second-order valence-electron chi connectivity index (χ2n) is 2.95. The number of aromatic nitrogens is 2. The summed E-state index contributed by atoms with van der Waals surface area (Å²) in [4.78, 5) is 11.7. The molecule has 0 fully saturated rings. The van der Waals surface area contributed by atoms with Crippen molar-refractivity contribution in [2.45, 2.75) is 6.92 Å². The first-order valence-electron chi connectivity index (χ1n) is 3.93. The van der Waals surface area contributed by atoms with Crippen LogP contribution in [0.2, 0.25) is 0 Å². The lowest BCUT2D eigenvalue weighted by Crippen LogP contribution is -2.09. The molecule has 72 valence electrons. The molecule has 2 aromatic rings. The van der Waals surface area contributed by atoms with Gasteiger partial charge in [0.05, 0.1) is 10.9 Å². The number of fused-ring (bicyclic) bond motifs is 1. The van der Waals surface area contributed by atoms with Crippen molar-refractivity contribution in [3.63, 3.8) is 0 Å². The number of H-pyrrole nitrogens is 1. The zero-order valence-electron chi connectivity index (χ0n) is 7.27. The predicted molar refractivity (Wildman–Crippen MR) is 67.5 cm³/mol. The molecule has 0 saturated heterocycles. The third kappa shape index (κ3) is 1.58. The van der Waals surface area contributed by atoms with Crippen molar-refractivity contribution in [2.75, 3.05) is 0 Å². The van der Waals surface area contributed by atoms with Crippen molar-refractivity contribution in [1.82, 2.24) is 10.2 Å². The molecule has 1 aromatic heterocycles. The zero-order valence-corrected chi connectivity index (χ0v) is 11.0. The molecule has 1 N–H and O–H groups in total. The van der Waals surface area contributed by atoms with E-state index in [0.717, 1.165) is 13.6 Å². The lowest BCUT2D eigenvalue weighted by atomic mass is 10.2. The van der Waals surface area contributed by atoms with Crippen LogP contribution in [0, 0.1) is 10.5 Å². The number of nitrogens with zero attached hydrogens (tertiary/aromatic N) is 1. The maximum Gasteiger partial charge on any atom is 0.210 e. The SMILES string of the molecule is Cc1n[nH]c2cc(I)c(Br)cc2c1=O. The Balaban J connectivity index is 2.97. The average molecular weight is 365 g/mol. The van der Waals surface area contributed by atoms with Crippen LogP contribution in [-0.4, -0.2) is 10.2 Å². The Kier molecular flexibility index (Phi) is 2.61. The second-order valence-corrected chi connectivity index (χ2v) is 4.97. The summed E-state index contributed by atoms with van der Waals surface area (Å²) in [5.74, 6) is 0. The first-order valence-corrected chi connectivity index (χ1v) is 5.81. The van der Waals surface area contributed by atoms with Crippen molar-refractivity contribution < 1.29 is 0 Å². The maximum absolute atomic E-state index is 11.7. The summed E-state index contributed by atoms with van der Waals surface area (Å²) in [7, 11) is 0.